The van der Waals surface area contributed by atoms with Crippen molar-refractivity contribution < 1.29 is 8.78 Å². The summed E-state index contributed by atoms with van der Waals surface area (Å²) >= 11 is 0. The van der Waals surface area contributed by atoms with Crippen LogP contribution in [0.2, 0.25) is 0 Å². The van der Waals surface area contributed by atoms with Crippen LogP contribution in [0.4, 0.5) is 14.6 Å². The van der Waals surface area contributed by atoms with Crippen LogP contribution in [0.5, 0.6) is 0 Å². The average molecular weight is 307 g/mol. The number of alkyl halides is 1. The van der Waals surface area contributed by atoms with Gasteiger partial charge in [-0.2, -0.15) is 0 Å². The number of aryl methyl sites for hydroxylation is 2. The lowest BCUT2D eigenvalue weighted by atomic mass is 10.1. The Balaban J connectivity index is 1.91. The minimum atomic E-state index is -1.01. The molecule has 22 heavy (non-hydrogen) atoms. The molecule has 0 radical (unpaired) electrons. The zero-order chi connectivity index (χ0) is 15.7. The van der Waals surface area contributed by atoms with Gasteiger partial charge in [-0.05, 0) is 38.4 Å². The molecule has 118 valence electrons. The molecule has 7 heteroatoms. The first kappa shape index (κ1) is 14.9. The zero-order valence-corrected chi connectivity index (χ0v) is 12.6. The first-order valence-corrected chi connectivity index (χ1v) is 7.35. The highest BCUT2D eigenvalue weighted by molar-refractivity contribution is 5.61. The van der Waals surface area contributed by atoms with Crippen LogP contribution in [0.25, 0.3) is 11.4 Å². The number of hydrogen-bond acceptors (Lipinski definition) is 4. The van der Waals surface area contributed by atoms with E-state index >= 15 is 0 Å². The van der Waals surface area contributed by atoms with Gasteiger partial charge >= 0.3 is 0 Å². The number of halogens is 2. The Labute approximate surface area is 127 Å². The largest absolute Gasteiger partial charge is 0.361 e. The van der Waals surface area contributed by atoms with Crippen molar-refractivity contribution in [2.45, 2.75) is 32.5 Å². The Bertz CT molecular complexity index is 670. The van der Waals surface area contributed by atoms with Crippen LogP contribution in [-0.2, 0) is 0 Å². The maximum absolute atomic E-state index is 14.1. The first-order chi connectivity index (χ1) is 10.5. The van der Waals surface area contributed by atoms with E-state index in [-0.39, 0.29) is 5.82 Å². The standard InChI is InChI=1S/C15H19F2N5/c1-8-5-11(17)15(21-12-6-18-4-3-10(12)16)22-14(8)13-7-19-9(2)20-13/h5,7,10,12,18H,3-4,6H2,1-2H3,(H,19,20)(H,21,22). The number of nitrogens with one attached hydrogen (secondary N) is 3. The van der Waals surface area contributed by atoms with E-state index in [4.69, 9.17) is 0 Å². The molecule has 2 aromatic heterocycles. The highest BCUT2D eigenvalue weighted by Crippen LogP contribution is 2.25. The summed E-state index contributed by atoms with van der Waals surface area (Å²) in [7, 11) is 0. The Hall–Kier alpha value is -2.02. The van der Waals surface area contributed by atoms with Crippen molar-refractivity contribution in [3.05, 3.63) is 29.5 Å². The van der Waals surface area contributed by atoms with Crippen LogP contribution >= 0.6 is 0 Å². The second-order valence-electron chi connectivity index (χ2n) is 5.63. The van der Waals surface area contributed by atoms with Gasteiger partial charge in [0.2, 0.25) is 0 Å². The molecular weight excluding hydrogens is 288 g/mol. The molecule has 5 nitrogen and oxygen atoms in total. The summed E-state index contributed by atoms with van der Waals surface area (Å²) in [5.41, 5.74) is 2.03. The lowest BCUT2D eigenvalue weighted by Crippen LogP contribution is -2.46. The van der Waals surface area contributed by atoms with Gasteiger partial charge in [0.15, 0.2) is 11.6 Å². The number of H-pyrrole nitrogens is 1. The predicted molar refractivity (Wildman–Crippen MR) is 81.0 cm³/mol. The molecule has 3 heterocycles. The van der Waals surface area contributed by atoms with Gasteiger partial charge in [-0.15, -0.1) is 0 Å². The molecule has 1 aliphatic heterocycles. The number of nitrogens with zero attached hydrogens (tertiary/aromatic N) is 2. The fourth-order valence-corrected chi connectivity index (χ4v) is 2.64. The van der Waals surface area contributed by atoms with Crippen molar-refractivity contribution in [3.63, 3.8) is 0 Å². The monoisotopic (exact) mass is 307 g/mol. The number of aromatic amines is 1. The lowest BCUT2D eigenvalue weighted by Gasteiger charge is -2.28. The van der Waals surface area contributed by atoms with Crippen LogP contribution in [0.1, 0.15) is 17.8 Å². The van der Waals surface area contributed by atoms with Crippen LogP contribution in [-0.4, -0.2) is 40.3 Å². The average Bonchev–Trinajstić information content (AvgIpc) is 2.90. The van der Waals surface area contributed by atoms with Gasteiger partial charge in [0.25, 0.3) is 0 Å². The van der Waals surface area contributed by atoms with E-state index in [2.05, 4.69) is 25.6 Å². The maximum Gasteiger partial charge on any atom is 0.165 e. The van der Waals surface area contributed by atoms with Crippen molar-refractivity contribution in [1.29, 1.82) is 0 Å². The van der Waals surface area contributed by atoms with Crippen molar-refractivity contribution in [2.24, 2.45) is 0 Å². The van der Waals surface area contributed by atoms with E-state index in [1.165, 1.54) is 6.07 Å². The summed E-state index contributed by atoms with van der Waals surface area (Å²) in [6.45, 7) is 4.71. The lowest BCUT2D eigenvalue weighted by molar-refractivity contribution is 0.240. The van der Waals surface area contributed by atoms with Crippen LogP contribution in [0.3, 0.4) is 0 Å². The molecule has 2 aromatic rings. The zero-order valence-electron chi connectivity index (χ0n) is 12.6. The molecule has 2 atom stereocenters. The quantitative estimate of drug-likeness (QED) is 0.814. The van der Waals surface area contributed by atoms with Crippen LogP contribution in [0.15, 0.2) is 12.3 Å². The molecule has 3 rings (SSSR count). The Morgan fingerprint density at radius 1 is 1.36 bits per heavy atom. The van der Waals surface area contributed by atoms with E-state index in [1.54, 1.807) is 13.1 Å². The highest BCUT2D eigenvalue weighted by Gasteiger charge is 2.26. The molecule has 3 N–H and O–H groups in total. The maximum atomic E-state index is 14.1. The first-order valence-electron chi connectivity index (χ1n) is 7.35. The number of aromatic nitrogens is 3. The number of piperidine rings is 1. The van der Waals surface area contributed by atoms with Crippen molar-refractivity contribution in [1.82, 2.24) is 20.3 Å². The molecule has 0 spiro atoms. The number of rotatable bonds is 3. The molecule has 0 aliphatic carbocycles. The van der Waals surface area contributed by atoms with Crippen molar-refractivity contribution in [2.75, 3.05) is 18.4 Å². The minimum Gasteiger partial charge on any atom is -0.361 e. The SMILES string of the molecule is Cc1ncc(-c2nc(NC3CNCCC3F)c(F)cc2C)[nH]1. The number of imidazole rings is 1. The van der Waals surface area contributed by atoms with Gasteiger partial charge < -0.3 is 15.6 Å². The van der Waals surface area contributed by atoms with E-state index in [0.717, 1.165) is 11.5 Å². The number of hydrogen-bond donors (Lipinski definition) is 3. The molecule has 2 unspecified atom stereocenters. The third-order valence-electron chi connectivity index (χ3n) is 3.84. The van der Waals surface area contributed by atoms with Gasteiger partial charge in [-0.3, -0.25) is 0 Å². The summed E-state index contributed by atoms with van der Waals surface area (Å²) in [5.74, 6) is 0.356. The van der Waals surface area contributed by atoms with Gasteiger partial charge in [0.05, 0.1) is 23.6 Å². The van der Waals surface area contributed by atoms with E-state index in [0.29, 0.717) is 30.8 Å². The van der Waals surface area contributed by atoms with Crippen molar-refractivity contribution >= 4 is 5.82 Å². The fourth-order valence-electron chi connectivity index (χ4n) is 2.64. The van der Waals surface area contributed by atoms with Gasteiger partial charge in [0.1, 0.15) is 12.0 Å². The van der Waals surface area contributed by atoms with E-state index < -0.39 is 18.0 Å². The summed E-state index contributed by atoms with van der Waals surface area (Å²) in [5, 5.41) is 5.98. The molecule has 1 saturated heterocycles. The normalized spacial score (nSPS) is 21.8. The Kier molecular flexibility index (Phi) is 4.06. The third kappa shape index (κ3) is 2.94. The Morgan fingerprint density at radius 3 is 2.86 bits per heavy atom. The molecule has 0 bridgehead atoms. The second-order valence-corrected chi connectivity index (χ2v) is 5.63. The summed E-state index contributed by atoms with van der Waals surface area (Å²) in [6.07, 6.45) is 1.06. The fraction of sp³-hybridized carbons (Fsp3) is 0.467. The summed E-state index contributed by atoms with van der Waals surface area (Å²) < 4.78 is 28.0. The molecule has 0 amide bonds. The molecule has 0 aromatic carbocycles. The third-order valence-corrected chi connectivity index (χ3v) is 3.84. The molecule has 1 aliphatic rings. The molecule has 1 fully saturated rings. The van der Waals surface area contributed by atoms with E-state index in [1.807, 2.05) is 6.92 Å². The number of anilines is 1. The summed E-state index contributed by atoms with van der Waals surface area (Å²) in [6, 6.07) is 0.930. The number of pyridine rings is 1. The smallest absolute Gasteiger partial charge is 0.165 e. The second kappa shape index (κ2) is 6.00. The predicted octanol–water partition coefficient (Wildman–Crippen LogP) is 2.34. The van der Waals surface area contributed by atoms with Gasteiger partial charge in [-0.25, -0.2) is 18.7 Å². The van der Waals surface area contributed by atoms with Gasteiger partial charge in [-0.1, -0.05) is 0 Å². The van der Waals surface area contributed by atoms with Crippen LogP contribution in [0, 0.1) is 19.7 Å². The highest BCUT2D eigenvalue weighted by atomic mass is 19.1. The minimum absolute atomic E-state index is 0.0733. The topological polar surface area (TPSA) is 65.6 Å². The Morgan fingerprint density at radius 2 is 2.18 bits per heavy atom. The molecular formula is C15H19F2N5. The van der Waals surface area contributed by atoms with Gasteiger partial charge in [0, 0.05) is 6.54 Å². The van der Waals surface area contributed by atoms with Crippen molar-refractivity contribution in [3.8, 4) is 11.4 Å². The summed E-state index contributed by atoms with van der Waals surface area (Å²) in [4.78, 5) is 11.5. The van der Waals surface area contributed by atoms with E-state index in [9.17, 15) is 8.78 Å². The molecule has 0 saturated carbocycles. The van der Waals surface area contributed by atoms with Crippen LogP contribution < -0.4 is 10.6 Å².